The molecule has 0 spiro atoms. The number of rotatable bonds is 4. The highest BCUT2D eigenvalue weighted by atomic mass is 32.2. The number of thioether (sulfide) groups is 1. The van der Waals surface area contributed by atoms with Crippen molar-refractivity contribution >= 4 is 17.7 Å². The molecule has 4 nitrogen and oxygen atoms in total. The van der Waals surface area contributed by atoms with E-state index in [2.05, 4.69) is 9.97 Å². The van der Waals surface area contributed by atoms with Crippen LogP contribution < -0.4 is 0 Å². The molecule has 0 aromatic carbocycles. The van der Waals surface area contributed by atoms with E-state index in [9.17, 15) is 4.79 Å². The van der Waals surface area contributed by atoms with Gasteiger partial charge >= 0.3 is 5.97 Å². The summed E-state index contributed by atoms with van der Waals surface area (Å²) in [5.41, 5.74) is 0. The molecule has 0 aliphatic heterocycles. The fourth-order valence-corrected chi connectivity index (χ4v) is 1.24. The zero-order valence-electron chi connectivity index (χ0n) is 6.23. The van der Waals surface area contributed by atoms with E-state index in [0.29, 0.717) is 5.75 Å². The average molecular weight is 184 g/mol. The second-order valence-corrected chi connectivity index (χ2v) is 2.95. The highest BCUT2D eigenvalue weighted by Crippen LogP contribution is 2.10. The molecule has 64 valence electrons. The van der Waals surface area contributed by atoms with Crippen molar-refractivity contribution in [1.82, 2.24) is 9.97 Å². The van der Waals surface area contributed by atoms with Crippen molar-refractivity contribution in [2.45, 2.75) is 5.16 Å². The Kier molecular flexibility index (Phi) is 3.40. The van der Waals surface area contributed by atoms with Crippen LogP contribution in [0, 0.1) is 0 Å². The van der Waals surface area contributed by atoms with Gasteiger partial charge in [-0.2, -0.15) is 0 Å². The van der Waals surface area contributed by atoms with Crippen LogP contribution in [0.25, 0.3) is 0 Å². The van der Waals surface area contributed by atoms with E-state index in [1.165, 1.54) is 11.8 Å². The lowest BCUT2D eigenvalue weighted by atomic mass is 10.5. The van der Waals surface area contributed by atoms with Gasteiger partial charge in [0.05, 0.1) is 0 Å². The van der Waals surface area contributed by atoms with Crippen molar-refractivity contribution in [2.24, 2.45) is 0 Å². The number of aromatic amines is 1. The van der Waals surface area contributed by atoms with E-state index < -0.39 is 5.97 Å². The zero-order valence-corrected chi connectivity index (χ0v) is 7.04. The maximum atomic E-state index is 10.0. The van der Waals surface area contributed by atoms with Crippen LogP contribution in [0.15, 0.2) is 29.7 Å². The van der Waals surface area contributed by atoms with Gasteiger partial charge in [0.2, 0.25) is 0 Å². The summed E-state index contributed by atoms with van der Waals surface area (Å²) < 4.78 is 0. The number of hydrogen-bond donors (Lipinski definition) is 2. The van der Waals surface area contributed by atoms with Gasteiger partial charge in [-0.05, 0) is 0 Å². The first kappa shape index (κ1) is 8.86. The first-order valence-corrected chi connectivity index (χ1v) is 4.29. The Bertz CT molecular complexity index is 269. The minimum Gasteiger partial charge on any atom is -0.478 e. The molecule has 2 N–H and O–H groups in total. The van der Waals surface area contributed by atoms with Gasteiger partial charge in [-0.1, -0.05) is 17.8 Å². The zero-order chi connectivity index (χ0) is 8.81. The predicted octanol–water partition coefficient (Wildman–Crippen LogP) is 1.14. The number of carbonyl (C=O) groups is 1. The third-order valence-corrected chi connectivity index (χ3v) is 1.91. The van der Waals surface area contributed by atoms with E-state index >= 15 is 0 Å². The number of carboxylic acid groups (broad SMARTS) is 1. The third kappa shape index (κ3) is 3.25. The van der Waals surface area contributed by atoms with Crippen LogP contribution in [0.1, 0.15) is 0 Å². The molecule has 0 atom stereocenters. The quantitative estimate of drug-likeness (QED) is 0.544. The number of aromatic nitrogens is 2. The highest BCUT2D eigenvalue weighted by molar-refractivity contribution is 7.99. The van der Waals surface area contributed by atoms with E-state index in [0.717, 1.165) is 11.2 Å². The number of H-pyrrole nitrogens is 1. The molecule has 1 rings (SSSR count). The molecule has 1 aromatic heterocycles. The normalized spacial score (nSPS) is 10.7. The van der Waals surface area contributed by atoms with Crippen molar-refractivity contribution in [2.75, 3.05) is 5.75 Å². The Hall–Kier alpha value is -1.23. The maximum absolute atomic E-state index is 10.0. The molecule has 1 aromatic rings. The van der Waals surface area contributed by atoms with Crippen LogP contribution in [-0.4, -0.2) is 26.8 Å². The number of imidazole rings is 1. The van der Waals surface area contributed by atoms with E-state index in [1.807, 2.05) is 0 Å². The predicted molar refractivity (Wildman–Crippen MR) is 46.1 cm³/mol. The molecule has 0 unspecified atom stereocenters. The minimum absolute atomic E-state index is 0.611. The summed E-state index contributed by atoms with van der Waals surface area (Å²) in [6.07, 6.45) is 6.08. The van der Waals surface area contributed by atoms with Crippen LogP contribution in [0.5, 0.6) is 0 Å². The Balaban J connectivity index is 2.23. The Morgan fingerprint density at radius 2 is 2.67 bits per heavy atom. The lowest BCUT2D eigenvalue weighted by Crippen LogP contribution is -1.86. The maximum Gasteiger partial charge on any atom is 0.328 e. The number of hydrogen-bond acceptors (Lipinski definition) is 3. The minimum atomic E-state index is -0.921. The molecule has 0 saturated carbocycles. The highest BCUT2D eigenvalue weighted by Gasteiger charge is 1.92. The van der Waals surface area contributed by atoms with Gasteiger partial charge in [-0.25, -0.2) is 9.78 Å². The molecule has 0 bridgehead atoms. The standard InChI is InChI=1S/C7H8N2O2S/c10-6(11)2-1-5-12-7-8-3-4-9-7/h1-4H,5H2,(H,8,9)(H,10,11)/b2-1+. The summed E-state index contributed by atoms with van der Waals surface area (Å²) in [7, 11) is 0. The second kappa shape index (κ2) is 4.61. The third-order valence-electron chi connectivity index (χ3n) is 1.05. The van der Waals surface area contributed by atoms with Gasteiger partial charge in [0.15, 0.2) is 5.16 Å². The summed E-state index contributed by atoms with van der Waals surface area (Å²) in [4.78, 5) is 16.9. The lowest BCUT2D eigenvalue weighted by Gasteiger charge is -1.88. The Labute approximate surface area is 73.7 Å². The largest absolute Gasteiger partial charge is 0.478 e. The summed E-state index contributed by atoms with van der Waals surface area (Å²) in [5, 5.41) is 9.05. The summed E-state index contributed by atoms with van der Waals surface area (Å²) in [6, 6.07) is 0. The molecule has 0 amide bonds. The van der Waals surface area contributed by atoms with E-state index in [1.54, 1.807) is 18.5 Å². The Morgan fingerprint density at radius 1 is 1.83 bits per heavy atom. The van der Waals surface area contributed by atoms with Gasteiger partial charge in [0, 0.05) is 24.2 Å². The molecule has 0 aliphatic rings. The summed E-state index contributed by atoms with van der Waals surface area (Å²) in [6.45, 7) is 0. The second-order valence-electron chi connectivity index (χ2n) is 1.95. The monoisotopic (exact) mass is 184 g/mol. The number of nitrogens with one attached hydrogen (secondary N) is 1. The molecule has 0 radical (unpaired) electrons. The molecule has 1 heterocycles. The van der Waals surface area contributed by atoms with Crippen molar-refractivity contribution in [1.29, 1.82) is 0 Å². The SMILES string of the molecule is O=C(O)/C=C/CSc1ncc[nH]1. The van der Waals surface area contributed by atoms with Crippen LogP contribution in [0.3, 0.4) is 0 Å². The van der Waals surface area contributed by atoms with Crippen LogP contribution in [0.2, 0.25) is 0 Å². The summed E-state index contributed by atoms with van der Waals surface area (Å²) in [5.74, 6) is -0.310. The molecule has 0 aliphatic carbocycles. The topological polar surface area (TPSA) is 66.0 Å². The first-order valence-electron chi connectivity index (χ1n) is 3.30. The fourth-order valence-electron chi connectivity index (χ4n) is 0.606. The smallest absolute Gasteiger partial charge is 0.328 e. The van der Waals surface area contributed by atoms with Crippen molar-refractivity contribution in [3.8, 4) is 0 Å². The first-order chi connectivity index (χ1) is 5.79. The molecule has 5 heteroatoms. The number of nitrogens with zero attached hydrogens (tertiary/aromatic N) is 1. The van der Waals surface area contributed by atoms with Gasteiger partial charge < -0.3 is 10.1 Å². The molecule has 12 heavy (non-hydrogen) atoms. The van der Waals surface area contributed by atoms with Gasteiger partial charge in [-0.3, -0.25) is 0 Å². The number of aliphatic carboxylic acids is 1. The van der Waals surface area contributed by atoms with Crippen molar-refractivity contribution in [3.63, 3.8) is 0 Å². The molecule has 0 saturated heterocycles. The number of carboxylic acids is 1. The van der Waals surface area contributed by atoms with Gasteiger partial charge in [-0.15, -0.1) is 0 Å². The van der Waals surface area contributed by atoms with E-state index in [4.69, 9.17) is 5.11 Å². The fraction of sp³-hybridized carbons (Fsp3) is 0.143. The lowest BCUT2D eigenvalue weighted by molar-refractivity contribution is -0.131. The summed E-state index contributed by atoms with van der Waals surface area (Å²) >= 11 is 1.45. The molecular weight excluding hydrogens is 176 g/mol. The van der Waals surface area contributed by atoms with Gasteiger partial charge in [0.25, 0.3) is 0 Å². The average Bonchev–Trinajstić information content (AvgIpc) is 2.49. The Morgan fingerprint density at radius 3 is 3.25 bits per heavy atom. The van der Waals surface area contributed by atoms with Crippen molar-refractivity contribution in [3.05, 3.63) is 24.5 Å². The van der Waals surface area contributed by atoms with Crippen LogP contribution in [0.4, 0.5) is 0 Å². The van der Waals surface area contributed by atoms with Crippen LogP contribution >= 0.6 is 11.8 Å². The van der Waals surface area contributed by atoms with E-state index in [-0.39, 0.29) is 0 Å². The van der Waals surface area contributed by atoms with Crippen molar-refractivity contribution < 1.29 is 9.90 Å². The van der Waals surface area contributed by atoms with Crippen LogP contribution in [-0.2, 0) is 4.79 Å². The van der Waals surface area contributed by atoms with Gasteiger partial charge in [0.1, 0.15) is 0 Å². The molecule has 0 fully saturated rings. The molecular formula is C7H8N2O2S.